The van der Waals surface area contributed by atoms with Gasteiger partial charge in [-0.1, -0.05) is 108 Å². The molecule has 1 N–H and O–H groups in total. The molecule has 78 heavy (non-hydrogen) atoms. The number of fused-ring (bicyclic) bond motifs is 2. The number of alkyl halides is 1. The lowest BCUT2D eigenvalue weighted by Crippen LogP contribution is -2.59. The van der Waals surface area contributed by atoms with Crippen LogP contribution in [-0.4, -0.2) is 128 Å². The Hall–Kier alpha value is -1.64. The summed E-state index contributed by atoms with van der Waals surface area (Å²) in [5.74, 6) is 2.52. The molecule has 8 aliphatic rings. The number of hydrogen-bond acceptors (Lipinski definition) is 11. The highest BCUT2D eigenvalue weighted by molar-refractivity contribution is 6.15. The molecular weight excluding hydrogens is 1000 g/mol. The van der Waals surface area contributed by atoms with Crippen molar-refractivity contribution in [2.45, 2.75) is 303 Å². The zero-order valence-corrected chi connectivity index (χ0v) is 52.1. The minimum atomic E-state index is -0.555. The maximum Gasteiger partial charge on any atom is 0.311 e. The van der Waals surface area contributed by atoms with Crippen LogP contribution in [0.2, 0.25) is 0 Å². The quantitative estimate of drug-likeness (QED) is 0.0851. The first kappa shape index (κ1) is 65.5. The topological polar surface area (TPSA) is 120 Å². The van der Waals surface area contributed by atoms with Crippen molar-refractivity contribution in [2.24, 2.45) is 46.8 Å². The standard InChI is InChI=1S/C35H58O6.C30H50O5.CH3Cl/c1-11-12-28-22(4)17-32-33(41-28)25(7)24(6)31(40-32)18-30-23(5)20(2)15-26(38-30)13-14-29-21(3)16-27(39-29)19-37-34(36)35(8,9)10;1-8-10-24-19(5)15-28-30(35-24)21(7)29(31)27(34-28)16-26-20(6)17(3)13-23(33-26)11-12-25-18(4)14-22(9-2)32-25;1-2/h20,22,24-33H,3,5,11-19H2,1-2,4,6-10H3;17,19,21-31H,4,6,8-16H2,1-3,5,7H3;1H3/t20-,22-,24-,25-,26+,27-,28-,29?,30?,31+,32+,33+;17-,19-,21-,22+,23+,24-,25?,26?,27+,28+,29-,30+;/m11./s1. The van der Waals surface area contributed by atoms with Gasteiger partial charge in [-0.3, -0.25) is 4.79 Å². The molecule has 8 aliphatic heterocycles. The molecule has 0 aromatic heterocycles. The van der Waals surface area contributed by atoms with Crippen LogP contribution in [0, 0.1) is 46.8 Å². The minimum Gasteiger partial charge on any atom is -0.463 e. The van der Waals surface area contributed by atoms with Crippen molar-refractivity contribution in [3.8, 4) is 0 Å². The second-order valence-electron chi connectivity index (χ2n) is 26.8. The summed E-state index contributed by atoms with van der Waals surface area (Å²) in [6.07, 6.45) is 19.0. The van der Waals surface area contributed by atoms with E-state index in [1.807, 2.05) is 20.8 Å². The minimum absolute atomic E-state index is 0.00646. The zero-order chi connectivity index (χ0) is 57.3. The van der Waals surface area contributed by atoms with Crippen LogP contribution in [0.5, 0.6) is 0 Å². The van der Waals surface area contributed by atoms with Crippen molar-refractivity contribution in [3.05, 3.63) is 48.6 Å². The van der Waals surface area contributed by atoms with Crippen LogP contribution >= 0.6 is 11.6 Å². The van der Waals surface area contributed by atoms with E-state index in [4.69, 9.17) is 42.6 Å². The Balaban J connectivity index is 0.000000247. The molecule has 448 valence electrons. The van der Waals surface area contributed by atoms with Crippen LogP contribution in [0.25, 0.3) is 0 Å². The van der Waals surface area contributed by atoms with Crippen LogP contribution in [0.3, 0.4) is 0 Å². The summed E-state index contributed by atoms with van der Waals surface area (Å²) in [4.78, 5) is 12.2. The zero-order valence-electron chi connectivity index (χ0n) is 51.3. The van der Waals surface area contributed by atoms with Crippen LogP contribution in [0.1, 0.15) is 199 Å². The first-order valence-electron chi connectivity index (χ1n) is 31.2. The first-order valence-corrected chi connectivity index (χ1v) is 31.9. The van der Waals surface area contributed by atoms with Crippen molar-refractivity contribution in [1.82, 2.24) is 0 Å². The Morgan fingerprint density at radius 1 is 0.538 bits per heavy atom. The third-order valence-electron chi connectivity index (χ3n) is 19.6. The average molecular weight is 1120 g/mol. The van der Waals surface area contributed by atoms with Crippen molar-refractivity contribution in [1.29, 1.82) is 0 Å². The summed E-state index contributed by atoms with van der Waals surface area (Å²) >= 11 is 4.64. The van der Waals surface area contributed by atoms with E-state index in [2.05, 4.69) is 107 Å². The Morgan fingerprint density at radius 3 is 1.44 bits per heavy atom. The van der Waals surface area contributed by atoms with Gasteiger partial charge >= 0.3 is 5.97 Å². The van der Waals surface area contributed by atoms with E-state index in [9.17, 15) is 9.90 Å². The SMILES string of the molecule is C=C1C[C@H](CC)OC1CC[C@H]1C[C@@H](C)C(=C)C(C[C@@H]2O[C@H]3C[C@@H](C)[C@@H](CCC)O[C@H]3[C@H](C)[C@H]2O)O1.C=C1C[C@H](COC(=O)C(C)(C)C)OC1CC[C@H]1C[C@@H](C)C(=C)C(C[C@@H]2O[C@H]3C[C@@H](C)[C@@H](CCC)O[C@H]3[C@H](C)[C@H]2C)O1.CCl. The van der Waals surface area contributed by atoms with E-state index < -0.39 is 11.5 Å². The number of carbonyl (C=O) groups excluding carboxylic acids is 1. The molecule has 0 aromatic carbocycles. The Kier molecular flexibility index (Phi) is 25.0. The fraction of sp³-hybridized carbons (Fsp3) is 0.864. The monoisotopic (exact) mass is 1110 g/mol. The van der Waals surface area contributed by atoms with Crippen LogP contribution in [0.4, 0.5) is 0 Å². The van der Waals surface area contributed by atoms with Gasteiger partial charge < -0.3 is 47.7 Å². The number of rotatable bonds is 17. The van der Waals surface area contributed by atoms with Crippen LogP contribution in [0.15, 0.2) is 48.6 Å². The predicted molar refractivity (Wildman–Crippen MR) is 314 cm³/mol. The van der Waals surface area contributed by atoms with Crippen molar-refractivity contribution in [3.63, 3.8) is 0 Å². The summed E-state index contributed by atoms with van der Waals surface area (Å²) in [7, 11) is 0. The van der Waals surface area contributed by atoms with E-state index in [1.165, 1.54) is 17.5 Å². The summed E-state index contributed by atoms with van der Waals surface area (Å²) in [5.41, 5.74) is 4.14. The molecule has 24 atom stereocenters. The molecule has 8 rings (SSSR count). The number of halogens is 1. The average Bonchev–Trinajstić information content (AvgIpc) is 3.97. The molecule has 4 unspecified atom stereocenters. The third kappa shape index (κ3) is 16.6. The maximum atomic E-state index is 12.2. The second-order valence-corrected chi connectivity index (χ2v) is 26.8. The summed E-state index contributed by atoms with van der Waals surface area (Å²) < 4.78 is 57.7. The van der Waals surface area contributed by atoms with Gasteiger partial charge in [0, 0.05) is 31.6 Å². The normalized spacial score (nSPS) is 42.9. The Labute approximate surface area is 479 Å². The van der Waals surface area contributed by atoms with E-state index in [0.717, 1.165) is 114 Å². The molecule has 0 aromatic rings. The molecule has 0 amide bonds. The smallest absolute Gasteiger partial charge is 0.311 e. The predicted octanol–water partition coefficient (Wildman–Crippen LogP) is 14.3. The van der Waals surface area contributed by atoms with Crippen molar-refractivity contribution in [2.75, 3.05) is 13.0 Å². The largest absolute Gasteiger partial charge is 0.463 e. The molecule has 11 nitrogen and oxygen atoms in total. The lowest BCUT2D eigenvalue weighted by atomic mass is 9.74. The third-order valence-corrected chi connectivity index (χ3v) is 19.6. The highest BCUT2D eigenvalue weighted by Gasteiger charge is 2.51. The fourth-order valence-electron chi connectivity index (χ4n) is 14.1. The van der Waals surface area contributed by atoms with Gasteiger partial charge in [-0.15, -0.1) is 11.6 Å². The summed E-state index contributed by atoms with van der Waals surface area (Å²) in [6, 6.07) is 0. The highest BCUT2D eigenvalue weighted by Crippen LogP contribution is 2.46. The van der Waals surface area contributed by atoms with E-state index >= 15 is 0 Å². The van der Waals surface area contributed by atoms with E-state index in [-0.39, 0.29) is 104 Å². The molecule has 0 aliphatic carbocycles. The Bertz CT molecular complexity index is 1930. The van der Waals surface area contributed by atoms with Gasteiger partial charge in [0.05, 0.1) is 109 Å². The van der Waals surface area contributed by atoms with Gasteiger partial charge in [0.25, 0.3) is 0 Å². The van der Waals surface area contributed by atoms with E-state index in [1.54, 1.807) is 0 Å². The molecular formula is C66H111ClO11. The molecule has 8 heterocycles. The lowest BCUT2D eigenvalue weighted by Gasteiger charge is -2.51. The van der Waals surface area contributed by atoms with Gasteiger partial charge in [0.2, 0.25) is 0 Å². The summed E-state index contributed by atoms with van der Waals surface area (Å²) in [5, 5.41) is 11.2. The van der Waals surface area contributed by atoms with E-state index in [0.29, 0.717) is 54.1 Å². The first-order chi connectivity index (χ1) is 37.0. The molecule has 8 saturated heterocycles. The molecule has 0 spiro atoms. The molecule has 12 heteroatoms. The van der Waals surface area contributed by atoms with Gasteiger partial charge in [-0.25, -0.2) is 0 Å². The summed E-state index contributed by atoms with van der Waals surface area (Å²) in [6.45, 7) is 45.8. The van der Waals surface area contributed by atoms with Crippen LogP contribution in [-0.2, 0) is 47.4 Å². The van der Waals surface area contributed by atoms with Gasteiger partial charge in [-0.05, 0) is 156 Å². The van der Waals surface area contributed by atoms with Gasteiger partial charge in [0.15, 0.2) is 0 Å². The number of carbonyl (C=O) groups is 1. The number of hydrogen-bond donors (Lipinski definition) is 1. The van der Waals surface area contributed by atoms with Crippen molar-refractivity contribution >= 4 is 17.6 Å². The molecule has 0 radical (unpaired) electrons. The number of esters is 1. The number of ether oxygens (including phenoxy) is 9. The highest BCUT2D eigenvalue weighted by atomic mass is 35.5. The molecule has 0 bridgehead atoms. The van der Waals surface area contributed by atoms with Gasteiger partial charge in [-0.2, -0.15) is 0 Å². The van der Waals surface area contributed by atoms with Gasteiger partial charge in [0.1, 0.15) is 6.61 Å². The number of aliphatic hydroxyl groups is 1. The number of aliphatic hydroxyl groups excluding tert-OH is 1. The van der Waals surface area contributed by atoms with Crippen molar-refractivity contribution < 1.29 is 52.5 Å². The van der Waals surface area contributed by atoms with Crippen LogP contribution < -0.4 is 0 Å². The fourth-order valence-corrected chi connectivity index (χ4v) is 14.1. The maximum absolute atomic E-state index is 12.2. The Morgan fingerprint density at radius 2 is 0.974 bits per heavy atom. The lowest BCUT2D eigenvalue weighted by molar-refractivity contribution is -0.259. The molecule has 8 fully saturated rings. The molecule has 0 saturated carbocycles. The second kappa shape index (κ2) is 29.7.